The van der Waals surface area contributed by atoms with Crippen molar-refractivity contribution in [3.63, 3.8) is 0 Å². The second-order valence-electron chi connectivity index (χ2n) is 8.19. The molecule has 1 aliphatic rings. The summed E-state index contributed by atoms with van der Waals surface area (Å²) in [4.78, 5) is 17.5. The van der Waals surface area contributed by atoms with Gasteiger partial charge in [0.1, 0.15) is 0 Å². The molecule has 0 saturated heterocycles. The number of hydrogen-bond donors (Lipinski definition) is 1. The fourth-order valence-corrected chi connectivity index (χ4v) is 3.82. The van der Waals surface area contributed by atoms with Gasteiger partial charge in [-0.3, -0.25) is 9.69 Å². The van der Waals surface area contributed by atoms with E-state index in [9.17, 15) is 15.3 Å². The van der Waals surface area contributed by atoms with E-state index in [1.165, 1.54) is 12.0 Å². The zero-order chi connectivity index (χ0) is 20.4. The molecule has 1 amide bonds. The predicted molar refractivity (Wildman–Crippen MR) is 106 cm³/mol. The number of aliphatic hydroxyl groups is 1. The van der Waals surface area contributed by atoms with E-state index in [2.05, 4.69) is 43.6 Å². The highest BCUT2D eigenvalue weighted by Gasteiger charge is 2.44. The fraction of sp³-hybridized carbons (Fsp3) is 0.526. The van der Waals surface area contributed by atoms with Crippen molar-refractivity contribution in [1.29, 1.82) is 5.39 Å². The van der Waals surface area contributed by atoms with Crippen molar-refractivity contribution in [2.75, 3.05) is 18.6 Å². The number of hydrogen-bond acceptors (Lipinski definition) is 5. The number of diazo groups is 1. The minimum atomic E-state index is -2.00. The minimum absolute atomic E-state index is 0.0487. The number of carbonyl (C=O) groups excluding carboxylic acids is 1. The monoisotopic (exact) mass is 390 g/mol. The van der Waals surface area contributed by atoms with Gasteiger partial charge in [-0.15, -0.1) is 0 Å². The number of para-hydroxylation sites is 1. The Morgan fingerprint density at radius 1 is 1.37 bits per heavy atom. The molecule has 0 spiro atoms. The van der Waals surface area contributed by atoms with Gasteiger partial charge in [0, 0.05) is 5.69 Å². The maximum atomic E-state index is 13.0. The number of rotatable bonds is 5. The molecule has 1 atom stereocenters. The van der Waals surface area contributed by atoms with Crippen LogP contribution in [0.2, 0.25) is 18.1 Å². The van der Waals surface area contributed by atoms with Gasteiger partial charge in [0.05, 0.1) is 19.8 Å². The van der Waals surface area contributed by atoms with Crippen LogP contribution in [-0.2, 0) is 20.4 Å². The third-order valence-corrected chi connectivity index (χ3v) is 9.93. The predicted octanol–water partition coefficient (Wildman–Crippen LogP) is 4.19. The van der Waals surface area contributed by atoms with Gasteiger partial charge >= 0.3 is 17.5 Å². The molecule has 1 N–H and O–H groups in total. The fourth-order valence-electron chi connectivity index (χ4n) is 2.78. The summed E-state index contributed by atoms with van der Waals surface area (Å²) in [5.41, 5.74) is 1.19. The van der Waals surface area contributed by atoms with Gasteiger partial charge in [-0.25, -0.2) is 0 Å². The molecule has 2 rings (SSSR count). The zero-order valence-electron chi connectivity index (χ0n) is 16.8. The molecule has 1 unspecified atom stereocenters. The zero-order valence-corrected chi connectivity index (χ0v) is 17.8. The molecular weight excluding hydrogens is 362 g/mol. The highest BCUT2D eigenvalue weighted by Crippen LogP contribution is 2.38. The molecule has 146 valence electrons. The van der Waals surface area contributed by atoms with Gasteiger partial charge in [-0.2, -0.15) is 0 Å². The molecular formula is C19H28N3O4Si+. The van der Waals surface area contributed by atoms with Gasteiger partial charge in [0.15, 0.2) is 13.3 Å². The number of methoxy groups -OCH3 is 1. The van der Waals surface area contributed by atoms with Crippen LogP contribution in [0.5, 0.6) is 0 Å². The van der Waals surface area contributed by atoms with E-state index in [4.69, 9.17) is 4.43 Å². The maximum absolute atomic E-state index is 13.0. The molecule has 0 aliphatic carbocycles. The van der Waals surface area contributed by atoms with Crippen LogP contribution in [0.15, 0.2) is 35.9 Å². The molecule has 8 heteroatoms. The van der Waals surface area contributed by atoms with Gasteiger partial charge in [0.2, 0.25) is 5.39 Å². The molecule has 0 radical (unpaired) electrons. The first-order valence-electron chi connectivity index (χ1n) is 8.91. The van der Waals surface area contributed by atoms with E-state index in [0.29, 0.717) is 13.0 Å². The van der Waals surface area contributed by atoms with Crippen LogP contribution in [0, 0.1) is 5.39 Å². The number of aliphatic hydroxyl groups excluding tert-OH is 1. The molecule has 0 fully saturated rings. The van der Waals surface area contributed by atoms with Crippen LogP contribution >= 0.6 is 0 Å². The first-order valence-corrected chi connectivity index (χ1v) is 11.8. The second kappa shape index (κ2) is 7.70. The lowest BCUT2D eigenvalue weighted by Gasteiger charge is -2.37. The van der Waals surface area contributed by atoms with E-state index < -0.39 is 25.9 Å². The number of ether oxygens (including phenoxy) is 1. The Balaban J connectivity index is 2.35. The highest BCUT2D eigenvalue weighted by molar-refractivity contribution is 6.74. The number of nitrogens with zero attached hydrogens (tertiary/aromatic N) is 3. The van der Waals surface area contributed by atoms with Crippen LogP contribution in [0.3, 0.4) is 0 Å². The Morgan fingerprint density at radius 3 is 2.56 bits per heavy atom. The van der Waals surface area contributed by atoms with E-state index in [1.54, 1.807) is 0 Å². The third kappa shape index (κ3) is 4.15. The van der Waals surface area contributed by atoms with Crippen molar-refractivity contribution in [3.05, 3.63) is 46.4 Å². The molecule has 0 aromatic heterocycles. The van der Waals surface area contributed by atoms with Gasteiger partial charge in [-0.05, 0) is 36.2 Å². The summed E-state index contributed by atoms with van der Waals surface area (Å²) in [5, 5.41) is 19.0. The van der Waals surface area contributed by atoms with Crippen LogP contribution in [0.4, 0.5) is 5.69 Å². The lowest BCUT2D eigenvalue weighted by Crippen LogP contribution is -2.47. The SMILES string of the molecule is CO/C(O)=C(\[N+]#N)C(=O)N1c2ccccc2CC1CO[Si](C)(C)C(C)(C)C. The Hall–Kier alpha value is -2.37. The number of carbonyl (C=O) groups is 1. The summed E-state index contributed by atoms with van der Waals surface area (Å²) in [6, 6.07) is 7.28. The topological polar surface area (TPSA) is 87.2 Å². The molecule has 1 aromatic carbocycles. The first-order chi connectivity index (χ1) is 12.5. The Labute approximate surface area is 161 Å². The lowest BCUT2D eigenvalue weighted by atomic mass is 10.1. The normalized spacial score (nSPS) is 17.8. The Morgan fingerprint density at radius 2 is 2.00 bits per heavy atom. The molecule has 0 saturated carbocycles. The van der Waals surface area contributed by atoms with Crippen molar-refractivity contribution in [3.8, 4) is 0 Å². The first kappa shape index (κ1) is 20.9. The van der Waals surface area contributed by atoms with E-state index >= 15 is 0 Å². The second-order valence-corrected chi connectivity index (χ2v) is 13.0. The van der Waals surface area contributed by atoms with Crippen molar-refractivity contribution < 1.29 is 19.1 Å². The summed E-state index contributed by atoms with van der Waals surface area (Å²) in [5.74, 6) is -1.36. The van der Waals surface area contributed by atoms with E-state index in [1.807, 2.05) is 24.3 Å². The quantitative estimate of drug-likeness (QED) is 0.352. The van der Waals surface area contributed by atoms with E-state index in [-0.39, 0.29) is 11.1 Å². The number of amides is 1. The van der Waals surface area contributed by atoms with Crippen molar-refractivity contribution in [2.24, 2.45) is 0 Å². The van der Waals surface area contributed by atoms with Crippen LogP contribution < -0.4 is 4.90 Å². The van der Waals surface area contributed by atoms with Crippen LogP contribution in [-0.4, -0.2) is 39.1 Å². The molecule has 27 heavy (non-hydrogen) atoms. The third-order valence-electron chi connectivity index (χ3n) is 5.43. The number of benzene rings is 1. The standard InChI is InChI=1S/C19H27N3O4Si/c1-19(2,3)27(5,6)26-12-14-11-13-9-7-8-10-15(13)22(14)17(23)16(21-20)18(24)25-4/h7-10,14H,11-12H2,1-6H3/p+1. The lowest BCUT2D eigenvalue weighted by molar-refractivity contribution is -0.115. The summed E-state index contributed by atoms with van der Waals surface area (Å²) in [6.45, 7) is 11.2. The Bertz CT molecular complexity index is 793. The maximum Gasteiger partial charge on any atom is 0.527 e. The Kier molecular flexibility index (Phi) is 5.97. The smallest absolute Gasteiger partial charge is 0.475 e. The molecule has 1 heterocycles. The average Bonchev–Trinajstić information content (AvgIpc) is 2.97. The highest BCUT2D eigenvalue weighted by atomic mass is 28.4. The summed E-state index contributed by atoms with van der Waals surface area (Å²) < 4.78 is 11.0. The molecule has 0 bridgehead atoms. The van der Waals surface area contributed by atoms with Gasteiger partial charge in [0.25, 0.3) is 0 Å². The number of fused-ring (bicyclic) bond motifs is 1. The van der Waals surface area contributed by atoms with Crippen LogP contribution in [0.25, 0.3) is 4.98 Å². The van der Waals surface area contributed by atoms with Gasteiger partial charge < -0.3 is 14.3 Å². The number of anilines is 1. The summed E-state index contributed by atoms with van der Waals surface area (Å²) >= 11 is 0. The minimum Gasteiger partial charge on any atom is -0.475 e. The van der Waals surface area contributed by atoms with Crippen molar-refractivity contribution in [2.45, 2.75) is 51.4 Å². The average molecular weight is 391 g/mol. The summed E-state index contributed by atoms with van der Waals surface area (Å²) in [7, 11) is -0.803. The summed E-state index contributed by atoms with van der Waals surface area (Å²) in [6.07, 6.45) is 0.628. The largest absolute Gasteiger partial charge is 0.527 e. The van der Waals surface area contributed by atoms with E-state index in [0.717, 1.165) is 11.3 Å². The molecule has 1 aliphatic heterocycles. The van der Waals surface area contributed by atoms with Crippen molar-refractivity contribution >= 4 is 19.9 Å². The van der Waals surface area contributed by atoms with Gasteiger partial charge in [-0.1, -0.05) is 39.0 Å². The molecule has 1 aromatic rings. The van der Waals surface area contributed by atoms with Crippen molar-refractivity contribution in [1.82, 2.24) is 0 Å². The molecule has 7 nitrogen and oxygen atoms in total. The van der Waals surface area contributed by atoms with Crippen LogP contribution in [0.1, 0.15) is 26.3 Å².